The normalized spacial score (nSPS) is 19.6. The molecule has 29 heavy (non-hydrogen) atoms. The van der Waals surface area contributed by atoms with E-state index in [-0.39, 0.29) is 29.3 Å². The van der Waals surface area contributed by atoms with Crippen LogP contribution < -0.4 is 5.32 Å². The molecule has 2 atom stereocenters. The lowest BCUT2D eigenvalue weighted by Crippen LogP contribution is -2.44. The average Bonchev–Trinajstić information content (AvgIpc) is 3.22. The van der Waals surface area contributed by atoms with Crippen molar-refractivity contribution in [2.75, 3.05) is 12.8 Å². The largest absolute Gasteiger partial charge is 0.355 e. The Labute approximate surface area is 177 Å². The van der Waals surface area contributed by atoms with Crippen LogP contribution in [-0.2, 0) is 23.1 Å². The number of hydrogen-bond acceptors (Lipinski definition) is 4. The molecular formula is C22H30N4O2S. The quantitative estimate of drug-likeness (QED) is 0.737. The molecule has 1 aromatic heterocycles. The molecule has 0 saturated carbocycles. The van der Waals surface area contributed by atoms with Gasteiger partial charge >= 0.3 is 0 Å². The summed E-state index contributed by atoms with van der Waals surface area (Å²) in [5, 5.41) is 7.37. The Morgan fingerprint density at radius 2 is 2.03 bits per heavy atom. The number of carbonyl (C=O) groups is 2. The predicted octanol–water partition coefficient (Wildman–Crippen LogP) is 3.19. The van der Waals surface area contributed by atoms with Crippen molar-refractivity contribution in [2.45, 2.75) is 50.1 Å². The van der Waals surface area contributed by atoms with E-state index in [0.29, 0.717) is 19.4 Å². The minimum atomic E-state index is -0.298. The van der Waals surface area contributed by atoms with Crippen molar-refractivity contribution >= 4 is 23.6 Å². The van der Waals surface area contributed by atoms with Crippen LogP contribution in [-0.4, -0.2) is 44.8 Å². The average molecular weight is 415 g/mol. The fraction of sp³-hybridized carbons (Fsp3) is 0.500. The fourth-order valence-corrected chi connectivity index (χ4v) is 4.74. The van der Waals surface area contributed by atoms with Gasteiger partial charge in [-0.2, -0.15) is 5.10 Å². The number of rotatable bonds is 6. The number of benzene rings is 1. The van der Waals surface area contributed by atoms with Crippen LogP contribution in [0.5, 0.6) is 0 Å². The van der Waals surface area contributed by atoms with Crippen molar-refractivity contribution in [3.63, 3.8) is 0 Å². The maximum Gasteiger partial charge on any atom is 0.224 e. The van der Waals surface area contributed by atoms with E-state index in [1.54, 1.807) is 16.4 Å². The lowest BCUT2D eigenvalue weighted by atomic mass is 9.93. The number of hydrogen-bond donors (Lipinski definition) is 1. The van der Waals surface area contributed by atoms with Crippen LogP contribution in [0.3, 0.4) is 0 Å². The predicted molar refractivity (Wildman–Crippen MR) is 116 cm³/mol. The fourth-order valence-electron chi connectivity index (χ4n) is 4.12. The Morgan fingerprint density at radius 3 is 2.66 bits per heavy atom. The van der Waals surface area contributed by atoms with E-state index in [1.165, 1.54) is 0 Å². The number of amides is 2. The highest BCUT2D eigenvalue weighted by molar-refractivity contribution is 7.98. The van der Waals surface area contributed by atoms with Crippen LogP contribution in [0.2, 0.25) is 0 Å². The van der Waals surface area contributed by atoms with Gasteiger partial charge < -0.3 is 10.2 Å². The highest BCUT2D eigenvalue weighted by atomic mass is 32.2. The highest BCUT2D eigenvalue weighted by Gasteiger charge is 2.45. The van der Waals surface area contributed by atoms with Crippen molar-refractivity contribution in [3.05, 3.63) is 47.8 Å². The first-order valence-corrected chi connectivity index (χ1v) is 11.1. The minimum Gasteiger partial charge on any atom is -0.355 e. The molecule has 1 N–H and O–H groups in total. The van der Waals surface area contributed by atoms with Gasteiger partial charge in [-0.25, -0.2) is 0 Å². The molecule has 7 heteroatoms. The van der Waals surface area contributed by atoms with Crippen molar-refractivity contribution in [1.82, 2.24) is 20.0 Å². The van der Waals surface area contributed by atoms with Crippen LogP contribution in [0.25, 0.3) is 0 Å². The third-order valence-corrected chi connectivity index (χ3v) is 6.16. The number of nitrogens with one attached hydrogen (secondary N) is 1. The Bertz CT molecular complexity index is 887. The maximum absolute atomic E-state index is 12.8. The molecule has 156 valence electrons. The molecule has 1 fully saturated rings. The Kier molecular flexibility index (Phi) is 6.36. The van der Waals surface area contributed by atoms with Crippen LogP contribution in [0.4, 0.5) is 0 Å². The smallest absolute Gasteiger partial charge is 0.224 e. The summed E-state index contributed by atoms with van der Waals surface area (Å²) >= 11 is 1.64. The van der Waals surface area contributed by atoms with E-state index >= 15 is 0 Å². The molecule has 0 unspecified atom stereocenters. The molecule has 2 amide bonds. The Morgan fingerprint density at radius 1 is 1.31 bits per heavy atom. The third-order valence-electron chi connectivity index (χ3n) is 5.32. The summed E-state index contributed by atoms with van der Waals surface area (Å²) < 4.78 is 1.76. The van der Waals surface area contributed by atoms with Gasteiger partial charge in [0.15, 0.2) is 0 Å². The van der Waals surface area contributed by atoms with Gasteiger partial charge in [0.25, 0.3) is 0 Å². The summed E-state index contributed by atoms with van der Waals surface area (Å²) in [5.74, 6) is 0.127. The van der Waals surface area contributed by atoms with E-state index in [1.807, 2.05) is 54.9 Å². The van der Waals surface area contributed by atoms with E-state index in [2.05, 4.69) is 31.2 Å². The summed E-state index contributed by atoms with van der Waals surface area (Å²) in [4.78, 5) is 28.5. The van der Waals surface area contributed by atoms with Crippen LogP contribution in [0.1, 0.15) is 44.4 Å². The van der Waals surface area contributed by atoms with E-state index in [0.717, 1.165) is 16.0 Å². The number of likely N-dealkylation sites (tertiary alicyclic amines) is 1. The minimum absolute atomic E-state index is 0.0157. The molecule has 1 aliphatic heterocycles. The lowest BCUT2D eigenvalue weighted by Gasteiger charge is -2.38. The second-order valence-electron chi connectivity index (χ2n) is 8.58. The molecule has 1 saturated heterocycles. The first-order valence-electron chi connectivity index (χ1n) is 9.90. The summed E-state index contributed by atoms with van der Waals surface area (Å²) in [6.07, 6.45) is 6.58. The Balaban J connectivity index is 1.73. The number of aryl methyl sites for hydroxylation is 1. The van der Waals surface area contributed by atoms with Gasteiger partial charge in [-0.1, -0.05) is 18.2 Å². The van der Waals surface area contributed by atoms with Gasteiger partial charge in [0, 0.05) is 48.1 Å². The van der Waals surface area contributed by atoms with Crippen molar-refractivity contribution in [3.8, 4) is 0 Å². The van der Waals surface area contributed by atoms with Crippen LogP contribution >= 0.6 is 11.8 Å². The van der Waals surface area contributed by atoms with Crippen molar-refractivity contribution in [1.29, 1.82) is 0 Å². The zero-order valence-electron chi connectivity index (χ0n) is 17.8. The molecular weight excluding hydrogens is 384 g/mol. The van der Waals surface area contributed by atoms with Gasteiger partial charge in [-0.15, -0.1) is 11.8 Å². The van der Waals surface area contributed by atoms with Crippen molar-refractivity contribution in [2.24, 2.45) is 13.0 Å². The molecule has 1 aliphatic rings. The summed E-state index contributed by atoms with van der Waals surface area (Å²) in [5.41, 5.74) is 1.74. The molecule has 3 rings (SSSR count). The Hall–Kier alpha value is -2.28. The number of carbonyl (C=O) groups excluding carboxylic acids is 2. The molecule has 0 bridgehead atoms. The molecule has 0 radical (unpaired) electrons. The van der Waals surface area contributed by atoms with Gasteiger partial charge in [0.2, 0.25) is 11.8 Å². The lowest BCUT2D eigenvalue weighted by molar-refractivity contribution is -0.133. The first kappa shape index (κ1) is 21.4. The van der Waals surface area contributed by atoms with Gasteiger partial charge in [0.05, 0.1) is 18.7 Å². The summed E-state index contributed by atoms with van der Waals surface area (Å²) in [7, 11) is 1.88. The number of aromatic nitrogens is 2. The number of nitrogens with zero attached hydrogens (tertiary/aromatic N) is 3. The van der Waals surface area contributed by atoms with Crippen LogP contribution in [0.15, 0.2) is 41.6 Å². The third kappa shape index (κ3) is 4.83. The maximum atomic E-state index is 12.8. The SMILES string of the molecule is CSc1ccccc1CC(=O)NC[C@@H]1CC(=O)N(C(C)(C)C)[C@H]1c1cnn(C)c1. The molecule has 2 aromatic rings. The monoisotopic (exact) mass is 414 g/mol. The molecule has 0 spiro atoms. The molecule has 6 nitrogen and oxygen atoms in total. The standard InChI is InChI=1S/C22H30N4O2S/c1-22(2,3)26-20(28)11-16(21(26)17-13-24-25(4)14-17)12-23-19(27)10-15-8-6-7-9-18(15)29-5/h6-9,13-14,16,21H,10-12H2,1-5H3,(H,23,27)/t16-,21+/m0/s1. The summed E-state index contributed by atoms with van der Waals surface area (Å²) in [6.45, 7) is 6.62. The second-order valence-corrected chi connectivity index (χ2v) is 9.43. The first-order chi connectivity index (χ1) is 13.7. The van der Waals surface area contributed by atoms with E-state index in [4.69, 9.17) is 0 Å². The summed E-state index contributed by atoms with van der Waals surface area (Å²) in [6, 6.07) is 7.87. The topological polar surface area (TPSA) is 67.2 Å². The molecule has 1 aromatic carbocycles. The molecule has 0 aliphatic carbocycles. The second kappa shape index (κ2) is 8.61. The van der Waals surface area contributed by atoms with E-state index in [9.17, 15) is 9.59 Å². The van der Waals surface area contributed by atoms with Gasteiger partial charge in [0.1, 0.15) is 0 Å². The van der Waals surface area contributed by atoms with Gasteiger partial charge in [-0.05, 0) is 38.7 Å². The zero-order valence-corrected chi connectivity index (χ0v) is 18.6. The van der Waals surface area contributed by atoms with E-state index < -0.39 is 0 Å². The van der Waals surface area contributed by atoms with Gasteiger partial charge in [-0.3, -0.25) is 14.3 Å². The van der Waals surface area contributed by atoms with Crippen molar-refractivity contribution < 1.29 is 9.59 Å². The zero-order chi connectivity index (χ0) is 21.2. The van der Waals surface area contributed by atoms with Crippen LogP contribution in [0, 0.1) is 5.92 Å². The highest BCUT2D eigenvalue weighted by Crippen LogP contribution is 2.42. The number of thioether (sulfide) groups is 1. The molecule has 2 heterocycles.